The monoisotopic (exact) mass is 169 g/mol. The van der Waals surface area contributed by atoms with Gasteiger partial charge in [0.15, 0.2) is 0 Å². The topological polar surface area (TPSA) is 0 Å². The summed E-state index contributed by atoms with van der Waals surface area (Å²) in [5.74, 6) is 1.19. The number of hydrogen-bond donors (Lipinski definition) is 0. The van der Waals surface area contributed by atoms with E-state index in [1.165, 1.54) is 0 Å². The maximum absolute atomic E-state index is 4.17. The molecule has 0 aliphatic heterocycles. The molecular formula is C12H25. The van der Waals surface area contributed by atoms with Crippen molar-refractivity contribution in [2.75, 3.05) is 0 Å². The van der Waals surface area contributed by atoms with Crippen molar-refractivity contribution in [1.29, 1.82) is 0 Å². The average Bonchev–Trinajstić information content (AvgIpc) is 1.49. The first-order valence-electron chi connectivity index (χ1n) is 4.90. The van der Waals surface area contributed by atoms with E-state index in [0.29, 0.717) is 22.7 Å². The predicted octanol–water partition coefficient (Wildman–Crippen LogP) is 4.16. The van der Waals surface area contributed by atoms with Crippen LogP contribution in [0.1, 0.15) is 48.5 Å². The van der Waals surface area contributed by atoms with Crippen LogP contribution in [0.15, 0.2) is 0 Å². The zero-order valence-electron chi connectivity index (χ0n) is 9.86. The molecule has 1 atom stereocenters. The van der Waals surface area contributed by atoms with Gasteiger partial charge in [-0.15, -0.1) is 0 Å². The molecule has 0 bridgehead atoms. The smallest absolute Gasteiger partial charge is 0.0291 e. The van der Waals surface area contributed by atoms with E-state index in [9.17, 15) is 0 Å². The van der Waals surface area contributed by atoms with Gasteiger partial charge in [0.2, 0.25) is 0 Å². The minimum Gasteiger partial charge on any atom is -0.0622 e. The maximum atomic E-state index is 4.17. The van der Waals surface area contributed by atoms with Gasteiger partial charge in [-0.3, -0.25) is 0 Å². The standard InChI is InChI=1S/C12H25/c1-9(2)10(11(3,4)5)12(6,7)8/h9-10H,1H2,2-8H3. The molecule has 0 nitrogen and oxygen atoms in total. The van der Waals surface area contributed by atoms with E-state index in [1.54, 1.807) is 0 Å². The highest BCUT2D eigenvalue weighted by Crippen LogP contribution is 2.44. The molecule has 0 saturated carbocycles. The van der Waals surface area contributed by atoms with Crippen LogP contribution in [0.25, 0.3) is 0 Å². The van der Waals surface area contributed by atoms with Gasteiger partial charge in [-0.2, -0.15) is 0 Å². The summed E-state index contributed by atoms with van der Waals surface area (Å²) >= 11 is 0. The molecule has 1 radical (unpaired) electrons. The molecule has 0 aromatic rings. The molecule has 0 saturated heterocycles. The highest BCUT2D eigenvalue weighted by atomic mass is 14.4. The highest BCUT2D eigenvalue weighted by Gasteiger charge is 2.36. The van der Waals surface area contributed by atoms with Crippen LogP contribution >= 0.6 is 0 Å². The molecule has 0 fully saturated rings. The van der Waals surface area contributed by atoms with Crippen LogP contribution < -0.4 is 0 Å². The molecule has 73 valence electrons. The summed E-state index contributed by atoms with van der Waals surface area (Å²) in [5.41, 5.74) is 0.721. The van der Waals surface area contributed by atoms with Crippen LogP contribution in [0, 0.1) is 29.6 Å². The van der Waals surface area contributed by atoms with Gasteiger partial charge in [-0.05, 0) is 22.7 Å². The van der Waals surface area contributed by atoms with E-state index < -0.39 is 0 Å². The molecule has 0 heterocycles. The van der Waals surface area contributed by atoms with Crippen LogP contribution in [0.2, 0.25) is 0 Å². The minimum absolute atomic E-state index is 0.361. The molecule has 0 aliphatic carbocycles. The fourth-order valence-corrected chi connectivity index (χ4v) is 3.01. The lowest BCUT2D eigenvalue weighted by molar-refractivity contribution is 0.0671. The van der Waals surface area contributed by atoms with Gasteiger partial charge in [0.1, 0.15) is 0 Å². The Morgan fingerprint density at radius 3 is 1.08 bits per heavy atom. The molecule has 12 heavy (non-hydrogen) atoms. The summed E-state index contributed by atoms with van der Waals surface area (Å²) in [6.45, 7) is 20.3. The van der Waals surface area contributed by atoms with Crippen LogP contribution in [0.5, 0.6) is 0 Å². The lowest BCUT2D eigenvalue weighted by Crippen LogP contribution is -2.36. The van der Waals surface area contributed by atoms with Crippen molar-refractivity contribution in [2.24, 2.45) is 22.7 Å². The van der Waals surface area contributed by atoms with Crippen molar-refractivity contribution in [3.63, 3.8) is 0 Å². The highest BCUT2D eigenvalue weighted by molar-refractivity contribution is 4.87. The third-order valence-electron chi connectivity index (χ3n) is 2.44. The average molecular weight is 169 g/mol. The lowest BCUT2D eigenvalue weighted by atomic mass is 9.62. The van der Waals surface area contributed by atoms with Gasteiger partial charge in [-0.25, -0.2) is 0 Å². The zero-order chi connectivity index (χ0) is 10.2. The van der Waals surface area contributed by atoms with Crippen molar-refractivity contribution in [1.82, 2.24) is 0 Å². The van der Waals surface area contributed by atoms with Gasteiger partial charge in [-0.1, -0.05) is 55.4 Å². The summed E-state index contributed by atoms with van der Waals surface area (Å²) < 4.78 is 0. The van der Waals surface area contributed by atoms with E-state index in [1.807, 2.05) is 0 Å². The molecule has 0 aliphatic rings. The van der Waals surface area contributed by atoms with Gasteiger partial charge >= 0.3 is 0 Å². The maximum Gasteiger partial charge on any atom is -0.0291 e. The van der Waals surface area contributed by atoms with Crippen molar-refractivity contribution >= 4 is 0 Å². The Labute approximate surface area is 78.8 Å². The van der Waals surface area contributed by atoms with Crippen LogP contribution in [-0.4, -0.2) is 0 Å². The molecule has 0 heteroatoms. The van der Waals surface area contributed by atoms with E-state index in [4.69, 9.17) is 0 Å². The molecule has 0 spiro atoms. The van der Waals surface area contributed by atoms with Crippen molar-refractivity contribution in [3.05, 3.63) is 6.92 Å². The summed E-state index contributed by atoms with van der Waals surface area (Å²) in [5, 5.41) is 0. The van der Waals surface area contributed by atoms with Gasteiger partial charge in [0.25, 0.3) is 0 Å². The van der Waals surface area contributed by atoms with Gasteiger partial charge < -0.3 is 0 Å². The Kier molecular flexibility index (Phi) is 3.40. The van der Waals surface area contributed by atoms with Crippen molar-refractivity contribution in [2.45, 2.75) is 48.5 Å². The third kappa shape index (κ3) is 3.16. The summed E-state index contributed by atoms with van der Waals surface area (Å²) in [7, 11) is 0. The Balaban J connectivity index is 4.70. The number of rotatable bonds is 1. The Bertz CT molecular complexity index is 115. The second kappa shape index (κ2) is 3.40. The Morgan fingerprint density at radius 2 is 1.08 bits per heavy atom. The third-order valence-corrected chi connectivity index (χ3v) is 2.44. The first-order chi connectivity index (χ1) is 5.07. The number of hydrogen-bond acceptors (Lipinski definition) is 0. The SMILES string of the molecule is [CH2]C(C)C(C(C)(C)C)C(C)(C)C. The summed E-state index contributed by atoms with van der Waals surface area (Å²) in [4.78, 5) is 0. The predicted molar refractivity (Wildman–Crippen MR) is 56.9 cm³/mol. The Morgan fingerprint density at radius 1 is 0.833 bits per heavy atom. The fraction of sp³-hybridized carbons (Fsp3) is 0.917. The van der Waals surface area contributed by atoms with Crippen LogP contribution in [0.4, 0.5) is 0 Å². The van der Waals surface area contributed by atoms with Gasteiger partial charge in [0.05, 0.1) is 0 Å². The van der Waals surface area contributed by atoms with E-state index in [0.717, 1.165) is 0 Å². The summed E-state index contributed by atoms with van der Waals surface area (Å²) in [6.07, 6.45) is 0. The van der Waals surface area contributed by atoms with Gasteiger partial charge in [0, 0.05) is 0 Å². The second-order valence-electron chi connectivity index (χ2n) is 6.19. The van der Waals surface area contributed by atoms with Crippen molar-refractivity contribution < 1.29 is 0 Å². The normalized spacial score (nSPS) is 14.5. The van der Waals surface area contributed by atoms with E-state index in [2.05, 4.69) is 55.4 Å². The first-order valence-corrected chi connectivity index (χ1v) is 4.90. The lowest BCUT2D eigenvalue weighted by Gasteiger charge is -2.43. The quantitative estimate of drug-likeness (QED) is 0.553. The molecule has 0 rings (SSSR count). The zero-order valence-corrected chi connectivity index (χ0v) is 9.86. The largest absolute Gasteiger partial charge is 0.0622 e. The molecule has 0 aromatic carbocycles. The molecule has 0 amide bonds. The van der Waals surface area contributed by atoms with Crippen molar-refractivity contribution in [3.8, 4) is 0 Å². The second-order valence-corrected chi connectivity index (χ2v) is 6.19. The molecular weight excluding hydrogens is 144 g/mol. The first kappa shape index (κ1) is 12.0. The van der Waals surface area contributed by atoms with Crippen LogP contribution in [-0.2, 0) is 0 Å². The van der Waals surface area contributed by atoms with E-state index in [-0.39, 0.29) is 0 Å². The Hall–Kier alpha value is 0. The summed E-state index contributed by atoms with van der Waals surface area (Å²) in [6, 6.07) is 0. The van der Waals surface area contributed by atoms with E-state index >= 15 is 0 Å². The molecule has 0 aromatic heterocycles. The van der Waals surface area contributed by atoms with Crippen LogP contribution in [0.3, 0.4) is 0 Å². The molecule has 0 N–H and O–H groups in total. The fourth-order valence-electron chi connectivity index (χ4n) is 3.01. The minimum atomic E-state index is 0.361. The molecule has 1 unspecified atom stereocenters.